The van der Waals surface area contributed by atoms with Gasteiger partial charge in [-0.15, -0.1) is 0 Å². The molecular formula is C17H26N4O3. The first-order chi connectivity index (χ1) is 11.6. The lowest BCUT2D eigenvalue weighted by molar-refractivity contribution is -0.137. The van der Waals surface area contributed by atoms with E-state index in [0.717, 1.165) is 37.9 Å². The van der Waals surface area contributed by atoms with Crippen LogP contribution in [0.4, 0.5) is 0 Å². The maximum absolute atomic E-state index is 12.8. The second-order valence-electron chi connectivity index (χ2n) is 6.90. The van der Waals surface area contributed by atoms with E-state index in [2.05, 4.69) is 10.2 Å². The van der Waals surface area contributed by atoms with Gasteiger partial charge in [0.25, 0.3) is 5.91 Å². The largest absolute Gasteiger partial charge is 0.383 e. The second kappa shape index (κ2) is 6.93. The highest BCUT2D eigenvalue weighted by Gasteiger charge is 2.47. The molecule has 0 saturated carbocycles. The fraction of sp³-hybridized carbons (Fsp3) is 0.706. The van der Waals surface area contributed by atoms with E-state index >= 15 is 0 Å². The first kappa shape index (κ1) is 17.0. The van der Waals surface area contributed by atoms with Crippen LogP contribution >= 0.6 is 0 Å². The quantitative estimate of drug-likeness (QED) is 0.898. The van der Waals surface area contributed by atoms with Gasteiger partial charge >= 0.3 is 0 Å². The van der Waals surface area contributed by atoms with Gasteiger partial charge in [-0.25, -0.2) is 0 Å². The molecule has 24 heavy (non-hydrogen) atoms. The van der Waals surface area contributed by atoms with Crippen molar-refractivity contribution in [2.24, 2.45) is 5.41 Å². The number of carbonyl (C=O) groups excluding carboxylic acids is 2. The molecule has 1 spiro atoms. The van der Waals surface area contributed by atoms with E-state index in [4.69, 9.17) is 4.74 Å². The normalized spacial score (nSPS) is 24.7. The molecule has 2 amide bonds. The maximum Gasteiger partial charge on any atom is 0.274 e. The van der Waals surface area contributed by atoms with Gasteiger partial charge in [0.2, 0.25) is 5.91 Å². The monoisotopic (exact) mass is 334 g/mol. The molecule has 1 aromatic rings. The van der Waals surface area contributed by atoms with Gasteiger partial charge in [-0.2, -0.15) is 5.10 Å². The molecule has 7 heteroatoms. The Morgan fingerprint density at radius 1 is 1.33 bits per heavy atom. The number of likely N-dealkylation sites (tertiary alicyclic amines) is 2. The molecule has 2 fully saturated rings. The Morgan fingerprint density at radius 2 is 2.12 bits per heavy atom. The first-order valence-corrected chi connectivity index (χ1v) is 8.65. The van der Waals surface area contributed by atoms with Crippen molar-refractivity contribution in [3.05, 3.63) is 17.5 Å². The van der Waals surface area contributed by atoms with Crippen LogP contribution in [0.25, 0.3) is 0 Å². The van der Waals surface area contributed by atoms with Crippen LogP contribution in [0.2, 0.25) is 0 Å². The molecule has 0 unspecified atom stereocenters. The van der Waals surface area contributed by atoms with Gasteiger partial charge in [0, 0.05) is 39.0 Å². The summed E-state index contributed by atoms with van der Waals surface area (Å²) < 4.78 is 5.10. The highest BCUT2D eigenvalue weighted by molar-refractivity contribution is 5.92. The predicted octanol–water partition coefficient (Wildman–Crippen LogP) is 1.21. The predicted molar refractivity (Wildman–Crippen MR) is 88.6 cm³/mol. The van der Waals surface area contributed by atoms with Gasteiger partial charge < -0.3 is 14.5 Å². The summed E-state index contributed by atoms with van der Waals surface area (Å²) in [5.41, 5.74) is 1.05. The van der Waals surface area contributed by atoms with Crippen LogP contribution in [-0.2, 0) is 9.53 Å². The minimum absolute atomic E-state index is 0.0434. The second-order valence-corrected chi connectivity index (χ2v) is 6.90. The Morgan fingerprint density at radius 3 is 2.83 bits per heavy atom. The fourth-order valence-corrected chi connectivity index (χ4v) is 3.86. The highest BCUT2D eigenvalue weighted by atomic mass is 16.5. The van der Waals surface area contributed by atoms with Gasteiger partial charge in [-0.05, 0) is 38.7 Å². The van der Waals surface area contributed by atoms with E-state index in [0.29, 0.717) is 31.9 Å². The lowest BCUT2D eigenvalue weighted by Crippen LogP contribution is -2.37. The molecule has 3 rings (SSSR count). The number of aromatic amines is 1. The Balaban J connectivity index is 1.65. The standard InChI is InChI=1S/C17H26N4O3/c1-13-12-14(19-18-13)15(22)20-7-3-4-17(5-8-20)6-9-21(16(17)23)10-11-24-2/h12H,3-11H2,1-2H3,(H,18,19)/t17-/m0/s1. The lowest BCUT2D eigenvalue weighted by atomic mass is 9.79. The number of hydrogen-bond acceptors (Lipinski definition) is 4. The number of nitrogens with one attached hydrogen (secondary N) is 1. The van der Waals surface area contributed by atoms with Crippen molar-refractivity contribution in [3.8, 4) is 0 Å². The molecule has 0 radical (unpaired) electrons. The first-order valence-electron chi connectivity index (χ1n) is 8.65. The Hall–Kier alpha value is -1.89. The highest BCUT2D eigenvalue weighted by Crippen LogP contribution is 2.41. The molecule has 1 N–H and O–H groups in total. The van der Waals surface area contributed by atoms with Gasteiger partial charge in [0.15, 0.2) is 0 Å². The van der Waals surface area contributed by atoms with Crippen molar-refractivity contribution in [1.82, 2.24) is 20.0 Å². The molecule has 3 heterocycles. The molecule has 0 aliphatic carbocycles. The van der Waals surface area contributed by atoms with Crippen molar-refractivity contribution in [2.45, 2.75) is 32.6 Å². The van der Waals surface area contributed by atoms with E-state index in [-0.39, 0.29) is 17.2 Å². The summed E-state index contributed by atoms with van der Waals surface area (Å²) in [6.45, 7) is 5.23. The Kier molecular flexibility index (Phi) is 4.89. The number of H-pyrrole nitrogens is 1. The summed E-state index contributed by atoms with van der Waals surface area (Å²) >= 11 is 0. The zero-order valence-corrected chi connectivity index (χ0v) is 14.5. The molecule has 7 nitrogen and oxygen atoms in total. The molecule has 1 aromatic heterocycles. The van der Waals surface area contributed by atoms with E-state index in [1.807, 2.05) is 16.7 Å². The van der Waals surface area contributed by atoms with Crippen molar-refractivity contribution in [2.75, 3.05) is 39.9 Å². The minimum atomic E-state index is -0.287. The number of hydrogen-bond donors (Lipinski definition) is 1. The van der Waals surface area contributed by atoms with Gasteiger partial charge in [0.05, 0.1) is 12.0 Å². The average molecular weight is 334 g/mol. The van der Waals surface area contributed by atoms with Crippen LogP contribution in [-0.4, -0.2) is 71.7 Å². The molecule has 0 bridgehead atoms. The molecule has 2 aliphatic rings. The van der Waals surface area contributed by atoms with E-state index < -0.39 is 0 Å². The summed E-state index contributed by atoms with van der Waals surface area (Å²) in [5, 5.41) is 6.88. The minimum Gasteiger partial charge on any atom is -0.383 e. The van der Waals surface area contributed by atoms with Gasteiger partial charge in [-0.1, -0.05) is 0 Å². The average Bonchev–Trinajstić information content (AvgIpc) is 3.05. The number of amides is 2. The number of aromatic nitrogens is 2. The molecule has 2 aliphatic heterocycles. The summed E-state index contributed by atoms with van der Waals surface area (Å²) in [7, 11) is 1.65. The maximum atomic E-state index is 12.8. The van der Waals surface area contributed by atoms with Crippen LogP contribution in [0.15, 0.2) is 6.07 Å². The van der Waals surface area contributed by atoms with Crippen LogP contribution in [0.1, 0.15) is 41.9 Å². The molecule has 0 aromatic carbocycles. The third kappa shape index (κ3) is 3.17. The van der Waals surface area contributed by atoms with Crippen molar-refractivity contribution >= 4 is 11.8 Å². The summed E-state index contributed by atoms with van der Waals surface area (Å²) in [6, 6.07) is 1.77. The van der Waals surface area contributed by atoms with Crippen LogP contribution in [0.5, 0.6) is 0 Å². The van der Waals surface area contributed by atoms with Gasteiger partial charge in [-0.3, -0.25) is 14.7 Å². The summed E-state index contributed by atoms with van der Waals surface area (Å²) in [5.74, 6) is 0.197. The Bertz CT molecular complexity index is 615. The third-order valence-corrected chi connectivity index (χ3v) is 5.32. The van der Waals surface area contributed by atoms with Gasteiger partial charge in [0.1, 0.15) is 5.69 Å². The smallest absolute Gasteiger partial charge is 0.274 e. The molecular weight excluding hydrogens is 308 g/mol. The number of carbonyl (C=O) groups is 2. The van der Waals surface area contributed by atoms with Crippen LogP contribution in [0, 0.1) is 12.3 Å². The van der Waals surface area contributed by atoms with Crippen LogP contribution in [0.3, 0.4) is 0 Å². The number of ether oxygens (including phenoxy) is 1. The van der Waals surface area contributed by atoms with E-state index in [9.17, 15) is 9.59 Å². The summed E-state index contributed by atoms with van der Waals surface area (Å²) in [6.07, 6.45) is 3.35. The zero-order valence-electron chi connectivity index (χ0n) is 14.5. The number of aryl methyl sites for hydroxylation is 1. The lowest BCUT2D eigenvalue weighted by Gasteiger charge is -2.26. The van der Waals surface area contributed by atoms with Crippen molar-refractivity contribution in [3.63, 3.8) is 0 Å². The topological polar surface area (TPSA) is 78.5 Å². The molecule has 2 saturated heterocycles. The van der Waals surface area contributed by atoms with Crippen molar-refractivity contribution in [1.29, 1.82) is 0 Å². The van der Waals surface area contributed by atoms with Crippen molar-refractivity contribution < 1.29 is 14.3 Å². The molecule has 132 valence electrons. The number of methoxy groups -OCH3 is 1. The molecule has 1 atom stereocenters. The number of rotatable bonds is 4. The zero-order chi connectivity index (χ0) is 17.2. The summed E-state index contributed by atoms with van der Waals surface area (Å²) in [4.78, 5) is 29.2. The fourth-order valence-electron chi connectivity index (χ4n) is 3.86. The van der Waals surface area contributed by atoms with E-state index in [1.54, 1.807) is 13.2 Å². The third-order valence-electron chi connectivity index (χ3n) is 5.32. The number of nitrogens with zero attached hydrogens (tertiary/aromatic N) is 3. The van der Waals surface area contributed by atoms with Crippen LogP contribution < -0.4 is 0 Å². The van der Waals surface area contributed by atoms with E-state index in [1.165, 1.54) is 0 Å². The SMILES string of the molecule is COCCN1CC[C@@]2(CCCN(C(=O)c3cc(C)[nH]n3)CC2)C1=O. The Labute approximate surface area is 142 Å².